The molecule has 6 N–H and O–H groups in total. The van der Waals surface area contributed by atoms with Crippen molar-refractivity contribution in [3.05, 3.63) is 70.0 Å². The zero-order chi connectivity index (χ0) is 28.3. The maximum Gasteiger partial charge on any atom is 0.255 e. The first-order valence-electron chi connectivity index (χ1n) is 13.3. The monoisotopic (exact) mass is 546 g/mol. The number of nitrogens with two attached hydrogens (primary N) is 1. The van der Waals surface area contributed by atoms with Crippen molar-refractivity contribution in [2.24, 2.45) is 17.6 Å². The van der Waals surface area contributed by atoms with Gasteiger partial charge in [0.2, 0.25) is 5.78 Å². The van der Waals surface area contributed by atoms with Gasteiger partial charge in [0, 0.05) is 37.5 Å². The van der Waals surface area contributed by atoms with Gasteiger partial charge in [-0.1, -0.05) is 30.3 Å². The molecule has 0 radical (unpaired) electrons. The highest BCUT2D eigenvalue weighted by Gasteiger charge is 2.60. The highest BCUT2D eigenvalue weighted by molar-refractivity contribution is 6.22. The van der Waals surface area contributed by atoms with Crippen LogP contribution in [0.15, 0.2) is 53.3 Å². The van der Waals surface area contributed by atoms with Gasteiger partial charge in [-0.2, -0.15) is 0 Å². The van der Waals surface area contributed by atoms with Gasteiger partial charge in [0.25, 0.3) is 5.91 Å². The minimum atomic E-state index is -2.57. The van der Waals surface area contributed by atoms with Crippen molar-refractivity contribution in [1.82, 2.24) is 4.90 Å². The van der Waals surface area contributed by atoms with Crippen molar-refractivity contribution in [3.8, 4) is 16.9 Å². The fraction of sp³-hybridized carbons (Fsp3) is 0.367. The van der Waals surface area contributed by atoms with Crippen LogP contribution in [0.5, 0.6) is 5.75 Å². The Morgan fingerprint density at radius 1 is 1.02 bits per heavy atom. The molecule has 2 aromatic rings. The Kier molecular flexibility index (Phi) is 6.29. The van der Waals surface area contributed by atoms with Crippen LogP contribution in [0.1, 0.15) is 29.5 Å². The van der Waals surface area contributed by atoms with Gasteiger partial charge in [-0.15, -0.1) is 0 Å². The third-order valence-corrected chi connectivity index (χ3v) is 8.72. The SMILES string of the molecule is NC(=O)C1=C(O)C2(O)C(=O)C3=C(O)c4c(O)ccc(-c5ccc(CN6CCOCC6)cc5)c4CC3CC2CC1=O. The predicted molar refractivity (Wildman–Crippen MR) is 143 cm³/mol. The first kappa shape index (κ1) is 26.2. The van der Waals surface area contributed by atoms with Crippen molar-refractivity contribution in [2.75, 3.05) is 26.3 Å². The van der Waals surface area contributed by atoms with Crippen LogP contribution in [0.2, 0.25) is 0 Å². The molecule has 3 atom stereocenters. The molecule has 1 saturated heterocycles. The Morgan fingerprint density at radius 3 is 2.40 bits per heavy atom. The summed E-state index contributed by atoms with van der Waals surface area (Å²) in [5, 5.41) is 44.2. The van der Waals surface area contributed by atoms with Gasteiger partial charge in [-0.3, -0.25) is 19.3 Å². The van der Waals surface area contributed by atoms with Crippen LogP contribution >= 0.6 is 0 Å². The second-order valence-electron chi connectivity index (χ2n) is 11.0. The molecule has 0 aromatic heterocycles. The summed E-state index contributed by atoms with van der Waals surface area (Å²) in [7, 11) is 0. The number of rotatable bonds is 4. The number of phenolic OH excluding ortho intramolecular Hbond substituents is 1. The van der Waals surface area contributed by atoms with Gasteiger partial charge in [-0.25, -0.2) is 0 Å². The van der Waals surface area contributed by atoms with Crippen molar-refractivity contribution in [1.29, 1.82) is 0 Å². The average molecular weight is 547 g/mol. The fourth-order valence-corrected chi connectivity index (χ4v) is 6.70. The third-order valence-electron chi connectivity index (χ3n) is 8.72. The molecule has 10 nitrogen and oxygen atoms in total. The van der Waals surface area contributed by atoms with E-state index in [1.54, 1.807) is 6.07 Å². The van der Waals surface area contributed by atoms with E-state index < -0.39 is 52.0 Å². The Labute approximate surface area is 230 Å². The van der Waals surface area contributed by atoms with Crippen LogP contribution in [-0.2, 0) is 32.1 Å². The summed E-state index contributed by atoms with van der Waals surface area (Å²) in [5.41, 5.74) is 5.25. The second-order valence-corrected chi connectivity index (χ2v) is 11.0. The molecule has 2 aromatic carbocycles. The van der Waals surface area contributed by atoms with Gasteiger partial charge in [0.15, 0.2) is 11.4 Å². The number of nitrogens with zero attached hydrogens (tertiary/aromatic N) is 1. The lowest BCUT2D eigenvalue weighted by Crippen LogP contribution is -2.58. The summed E-state index contributed by atoms with van der Waals surface area (Å²) in [6.07, 6.45) is 0.00360. The molecule has 0 bridgehead atoms. The summed E-state index contributed by atoms with van der Waals surface area (Å²) in [6, 6.07) is 11.3. The van der Waals surface area contributed by atoms with E-state index >= 15 is 0 Å². The number of carbonyl (C=O) groups excluding carboxylic acids is 3. The maximum absolute atomic E-state index is 13.7. The van der Waals surface area contributed by atoms with Crippen LogP contribution in [-0.4, -0.2) is 74.7 Å². The van der Waals surface area contributed by atoms with Gasteiger partial charge >= 0.3 is 0 Å². The molecule has 10 heteroatoms. The topological polar surface area (TPSA) is 171 Å². The summed E-state index contributed by atoms with van der Waals surface area (Å²) < 4.78 is 5.42. The largest absolute Gasteiger partial charge is 0.508 e. The Morgan fingerprint density at radius 2 is 1.73 bits per heavy atom. The fourth-order valence-electron chi connectivity index (χ4n) is 6.70. The molecule has 208 valence electrons. The van der Waals surface area contributed by atoms with Crippen LogP contribution in [0.3, 0.4) is 0 Å². The molecular weight excluding hydrogens is 516 g/mol. The molecule has 1 amide bonds. The number of phenols is 1. The number of aliphatic hydroxyl groups excluding tert-OH is 2. The minimum Gasteiger partial charge on any atom is -0.508 e. The van der Waals surface area contributed by atoms with Crippen molar-refractivity contribution >= 4 is 23.2 Å². The molecule has 4 aliphatic rings. The van der Waals surface area contributed by atoms with Gasteiger partial charge in [0.1, 0.15) is 22.8 Å². The van der Waals surface area contributed by atoms with Crippen LogP contribution < -0.4 is 5.73 Å². The molecule has 1 aliphatic heterocycles. The van der Waals surface area contributed by atoms with E-state index in [0.29, 0.717) is 5.56 Å². The molecule has 0 spiro atoms. The number of ether oxygens (including phenoxy) is 1. The Bertz CT molecular complexity index is 1500. The zero-order valence-electron chi connectivity index (χ0n) is 21.7. The molecule has 1 heterocycles. The lowest BCUT2D eigenvalue weighted by Gasteiger charge is -2.46. The molecular formula is C30H30N2O8. The van der Waals surface area contributed by atoms with Crippen molar-refractivity contribution < 1.29 is 39.5 Å². The van der Waals surface area contributed by atoms with Crippen molar-refractivity contribution in [3.63, 3.8) is 0 Å². The number of fused-ring (bicyclic) bond motifs is 3. The highest BCUT2D eigenvalue weighted by Crippen LogP contribution is 2.53. The smallest absolute Gasteiger partial charge is 0.255 e. The molecule has 3 aliphatic carbocycles. The average Bonchev–Trinajstić information content (AvgIpc) is 2.92. The van der Waals surface area contributed by atoms with E-state index in [4.69, 9.17) is 10.5 Å². The summed E-state index contributed by atoms with van der Waals surface area (Å²) in [6.45, 7) is 3.99. The number of benzene rings is 2. The van der Waals surface area contributed by atoms with Crippen LogP contribution in [0.25, 0.3) is 16.9 Å². The lowest BCUT2D eigenvalue weighted by atomic mass is 9.59. The van der Waals surface area contributed by atoms with E-state index in [2.05, 4.69) is 4.90 Å². The molecule has 1 saturated carbocycles. The zero-order valence-corrected chi connectivity index (χ0v) is 21.7. The number of aliphatic hydroxyl groups is 3. The molecule has 6 rings (SSSR count). The number of Topliss-reactive ketones (excluding diaryl/α,β-unsaturated/α-hetero) is 2. The second kappa shape index (κ2) is 9.58. The number of morpholine rings is 1. The van der Waals surface area contributed by atoms with E-state index in [-0.39, 0.29) is 36.1 Å². The normalized spacial score (nSPS) is 26.8. The first-order chi connectivity index (χ1) is 19.1. The summed E-state index contributed by atoms with van der Waals surface area (Å²) in [5.74, 6) is -6.36. The number of primary amides is 1. The predicted octanol–water partition coefficient (Wildman–Crippen LogP) is 1.92. The summed E-state index contributed by atoms with van der Waals surface area (Å²) in [4.78, 5) is 40.4. The third kappa shape index (κ3) is 3.94. The van der Waals surface area contributed by atoms with Crippen LogP contribution in [0, 0.1) is 11.8 Å². The van der Waals surface area contributed by atoms with Gasteiger partial charge < -0.3 is 30.9 Å². The van der Waals surface area contributed by atoms with E-state index in [0.717, 1.165) is 49.5 Å². The lowest BCUT2D eigenvalue weighted by molar-refractivity contribution is -0.147. The highest BCUT2D eigenvalue weighted by atomic mass is 16.5. The quantitative estimate of drug-likeness (QED) is 0.360. The first-order valence-corrected chi connectivity index (χ1v) is 13.3. The minimum absolute atomic E-state index is 0.0852. The van der Waals surface area contributed by atoms with E-state index in [1.165, 1.54) is 6.07 Å². The maximum atomic E-state index is 13.7. The van der Waals surface area contributed by atoms with Crippen molar-refractivity contribution in [2.45, 2.75) is 31.4 Å². The number of carbonyl (C=O) groups is 3. The van der Waals surface area contributed by atoms with E-state index in [9.17, 15) is 34.8 Å². The van der Waals surface area contributed by atoms with Crippen LogP contribution in [0.4, 0.5) is 0 Å². The summed E-state index contributed by atoms with van der Waals surface area (Å²) >= 11 is 0. The number of amides is 1. The van der Waals surface area contributed by atoms with E-state index in [1.807, 2.05) is 24.3 Å². The number of aromatic hydroxyl groups is 1. The number of ketones is 2. The molecule has 40 heavy (non-hydrogen) atoms. The molecule has 3 unspecified atom stereocenters. The Balaban J connectivity index is 1.39. The Hall–Kier alpha value is -3.99. The number of hydrogen-bond acceptors (Lipinski definition) is 9. The van der Waals surface area contributed by atoms with Gasteiger partial charge in [-0.05, 0) is 47.1 Å². The number of hydrogen-bond donors (Lipinski definition) is 5. The van der Waals surface area contributed by atoms with Gasteiger partial charge in [0.05, 0.1) is 18.8 Å². The standard InChI is InChI=1S/C30H30N2O8/c31-29(38)25-22(34)13-18-11-17-12-20-19(16-3-1-15(2-4-16)14-32-7-9-40-10-8-32)5-6-21(33)24(20)26(35)23(17)27(36)30(18,39)28(25)37/h1-6,17-18,33,35,37,39H,7-14H2,(H2,31,38). The molecule has 2 fully saturated rings.